The average Bonchev–Trinajstić information content (AvgIpc) is 2.29. The third-order valence-corrected chi connectivity index (χ3v) is 2.67. The van der Waals surface area contributed by atoms with E-state index in [1.54, 1.807) is 4.90 Å². The van der Waals surface area contributed by atoms with E-state index in [1.807, 2.05) is 37.3 Å². The third-order valence-electron chi connectivity index (χ3n) is 2.67. The van der Waals surface area contributed by atoms with Crippen molar-refractivity contribution in [1.29, 1.82) is 0 Å². The molecule has 0 saturated heterocycles. The smallest absolute Gasteiger partial charge is 0.317 e. The number of hydrogen-bond acceptors (Lipinski definition) is 3. The van der Waals surface area contributed by atoms with Crippen molar-refractivity contribution in [2.24, 2.45) is 0 Å². The van der Waals surface area contributed by atoms with E-state index in [-0.39, 0.29) is 19.2 Å². The van der Waals surface area contributed by atoms with Gasteiger partial charge < -0.3 is 10.2 Å². The fourth-order valence-corrected chi connectivity index (χ4v) is 2.04. The van der Waals surface area contributed by atoms with Gasteiger partial charge in [-0.05, 0) is 12.5 Å². The molecule has 0 aliphatic heterocycles. The summed E-state index contributed by atoms with van der Waals surface area (Å²) in [6, 6.07) is 9.41. The van der Waals surface area contributed by atoms with E-state index in [0.29, 0.717) is 6.54 Å². The second kappa shape index (κ2) is 6.93. The zero-order valence-corrected chi connectivity index (χ0v) is 10.5. The molecule has 1 rings (SSSR count). The highest BCUT2D eigenvalue weighted by Gasteiger charge is 2.22. The first-order chi connectivity index (χ1) is 8.56. The normalized spacial score (nSPS) is 12.4. The molecule has 1 unspecified atom stereocenters. The van der Waals surface area contributed by atoms with Gasteiger partial charge in [0.1, 0.15) is 0 Å². The molecule has 1 atom stereocenters. The number of carboxylic acids is 1. The molecule has 98 valence electrons. The number of aliphatic carboxylic acids is 1. The van der Waals surface area contributed by atoms with Crippen molar-refractivity contribution in [2.75, 3.05) is 19.7 Å². The number of hydrogen-bond donors (Lipinski definition) is 2. The maximum atomic E-state index is 10.9. The monoisotopic (exact) mass is 249 g/mol. The van der Waals surface area contributed by atoms with Crippen LogP contribution >= 0.6 is 0 Å². The Labute approximate surface area is 107 Å². The number of benzene rings is 1. The second-order valence-electron chi connectivity index (χ2n) is 4.25. The molecule has 0 aliphatic carbocycles. The van der Waals surface area contributed by atoms with E-state index in [0.717, 1.165) is 11.1 Å². The Morgan fingerprint density at radius 2 is 2.00 bits per heavy atom. The Hall–Kier alpha value is -1.65. The Morgan fingerprint density at radius 3 is 2.44 bits per heavy atom. The van der Waals surface area contributed by atoms with Crippen LogP contribution in [0.1, 0.15) is 18.5 Å². The number of aliphatic hydroxyl groups excluding tert-OH is 1. The van der Waals surface area contributed by atoms with Crippen molar-refractivity contribution in [1.82, 2.24) is 4.90 Å². The van der Waals surface area contributed by atoms with Crippen LogP contribution in [-0.2, 0) is 4.79 Å². The highest BCUT2D eigenvalue weighted by molar-refractivity contribution is 5.69. The van der Waals surface area contributed by atoms with E-state index in [4.69, 9.17) is 10.2 Å². The standard InChI is InChI=1S/C14H19NO3/c1-11(2)14(12-6-4-3-5-7-12)15(8-9-16)10-13(17)18/h3-7,14,16H,1,8-10H2,2H3,(H,17,18). The zero-order valence-electron chi connectivity index (χ0n) is 10.5. The Kier molecular flexibility index (Phi) is 5.55. The molecule has 0 aromatic heterocycles. The third kappa shape index (κ3) is 3.98. The van der Waals surface area contributed by atoms with Crippen molar-refractivity contribution < 1.29 is 15.0 Å². The minimum Gasteiger partial charge on any atom is -0.480 e. The predicted molar refractivity (Wildman–Crippen MR) is 70.3 cm³/mol. The molecule has 0 saturated carbocycles. The van der Waals surface area contributed by atoms with Crippen molar-refractivity contribution in [3.05, 3.63) is 48.0 Å². The van der Waals surface area contributed by atoms with Crippen LogP contribution < -0.4 is 0 Å². The maximum absolute atomic E-state index is 10.9. The number of carboxylic acid groups (broad SMARTS) is 1. The van der Waals surface area contributed by atoms with Crippen LogP contribution in [0, 0.1) is 0 Å². The first-order valence-corrected chi connectivity index (χ1v) is 5.83. The molecular formula is C14H19NO3. The van der Waals surface area contributed by atoms with E-state index in [2.05, 4.69) is 6.58 Å². The van der Waals surface area contributed by atoms with Gasteiger partial charge in [0.05, 0.1) is 19.2 Å². The summed E-state index contributed by atoms with van der Waals surface area (Å²) in [7, 11) is 0. The number of aliphatic hydroxyl groups is 1. The van der Waals surface area contributed by atoms with Crippen molar-refractivity contribution in [3.63, 3.8) is 0 Å². The van der Waals surface area contributed by atoms with Gasteiger partial charge in [-0.3, -0.25) is 9.69 Å². The Morgan fingerprint density at radius 1 is 1.39 bits per heavy atom. The molecule has 0 aliphatic rings. The van der Waals surface area contributed by atoms with Crippen LogP contribution in [0.25, 0.3) is 0 Å². The number of nitrogens with zero attached hydrogens (tertiary/aromatic N) is 1. The summed E-state index contributed by atoms with van der Waals surface area (Å²) in [4.78, 5) is 12.6. The highest BCUT2D eigenvalue weighted by Crippen LogP contribution is 2.26. The molecule has 1 aromatic rings. The van der Waals surface area contributed by atoms with Crippen LogP contribution in [0.3, 0.4) is 0 Å². The zero-order chi connectivity index (χ0) is 13.5. The first-order valence-electron chi connectivity index (χ1n) is 5.83. The molecule has 0 bridgehead atoms. The first kappa shape index (κ1) is 14.4. The minimum atomic E-state index is -0.911. The summed E-state index contributed by atoms with van der Waals surface area (Å²) < 4.78 is 0. The molecule has 0 fully saturated rings. The van der Waals surface area contributed by atoms with Crippen molar-refractivity contribution in [3.8, 4) is 0 Å². The molecule has 18 heavy (non-hydrogen) atoms. The lowest BCUT2D eigenvalue weighted by Crippen LogP contribution is -2.36. The average molecular weight is 249 g/mol. The molecule has 0 heterocycles. The highest BCUT2D eigenvalue weighted by atomic mass is 16.4. The van der Waals surface area contributed by atoms with E-state index < -0.39 is 5.97 Å². The quantitative estimate of drug-likeness (QED) is 0.722. The Balaban J connectivity index is 3.00. The molecule has 0 radical (unpaired) electrons. The molecule has 0 amide bonds. The van der Waals surface area contributed by atoms with Crippen molar-refractivity contribution in [2.45, 2.75) is 13.0 Å². The molecule has 2 N–H and O–H groups in total. The largest absolute Gasteiger partial charge is 0.480 e. The van der Waals surface area contributed by atoms with Gasteiger partial charge >= 0.3 is 5.97 Å². The SMILES string of the molecule is C=C(C)C(c1ccccc1)N(CCO)CC(=O)O. The van der Waals surface area contributed by atoms with E-state index >= 15 is 0 Å². The van der Waals surface area contributed by atoms with Crippen LogP contribution in [0.15, 0.2) is 42.5 Å². The van der Waals surface area contributed by atoms with Gasteiger partial charge in [-0.2, -0.15) is 0 Å². The summed E-state index contributed by atoms with van der Waals surface area (Å²) in [6.07, 6.45) is 0. The fourth-order valence-electron chi connectivity index (χ4n) is 2.04. The lowest BCUT2D eigenvalue weighted by Gasteiger charge is -2.30. The lowest BCUT2D eigenvalue weighted by molar-refractivity contribution is -0.138. The maximum Gasteiger partial charge on any atom is 0.317 e. The van der Waals surface area contributed by atoms with E-state index in [9.17, 15) is 4.79 Å². The van der Waals surface area contributed by atoms with Crippen LogP contribution in [0.4, 0.5) is 0 Å². The predicted octanol–water partition coefficient (Wildman–Crippen LogP) is 1.68. The van der Waals surface area contributed by atoms with Gasteiger partial charge in [0.15, 0.2) is 0 Å². The Bertz CT molecular complexity index is 403. The molecule has 0 spiro atoms. The second-order valence-corrected chi connectivity index (χ2v) is 4.25. The van der Waals surface area contributed by atoms with Gasteiger partial charge in [0, 0.05) is 6.54 Å². The van der Waals surface area contributed by atoms with Crippen LogP contribution in [-0.4, -0.2) is 40.8 Å². The minimum absolute atomic E-state index is 0.0795. The molecule has 4 nitrogen and oxygen atoms in total. The summed E-state index contributed by atoms with van der Waals surface area (Å²) in [5, 5.41) is 18.0. The van der Waals surface area contributed by atoms with Crippen LogP contribution in [0.5, 0.6) is 0 Å². The van der Waals surface area contributed by atoms with Crippen LogP contribution in [0.2, 0.25) is 0 Å². The van der Waals surface area contributed by atoms with Gasteiger partial charge in [-0.25, -0.2) is 0 Å². The molecular weight excluding hydrogens is 230 g/mol. The lowest BCUT2D eigenvalue weighted by atomic mass is 9.99. The van der Waals surface area contributed by atoms with Gasteiger partial charge in [0.25, 0.3) is 0 Å². The van der Waals surface area contributed by atoms with Gasteiger partial charge in [0.2, 0.25) is 0 Å². The van der Waals surface area contributed by atoms with E-state index in [1.165, 1.54) is 0 Å². The summed E-state index contributed by atoms with van der Waals surface area (Å²) in [5.41, 5.74) is 1.84. The molecule has 4 heteroatoms. The fraction of sp³-hybridized carbons (Fsp3) is 0.357. The van der Waals surface area contributed by atoms with Gasteiger partial charge in [-0.15, -0.1) is 0 Å². The van der Waals surface area contributed by atoms with Crippen molar-refractivity contribution >= 4 is 5.97 Å². The molecule has 1 aromatic carbocycles. The number of carbonyl (C=O) groups is 1. The number of rotatable bonds is 7. The summed E-state index contributed by atoms with van der Waals surface area (Å²) in [6.45, 7) is 5.90. The summed E-state index contributed by atoms with van der Waals surface area (Å²) >= 11 is 0. The summed E-state index contributed by atoms with van der Waals surface area (Å²) in [5.74, 6) is -0.911. The topological polar surface area (TPSA) is 60.8 Å². The van der Waals surface area contributed by atoms with Gasteiger partial charge in [-0.1, -0.05) is 42.5 Å².